The van der Waals surface area contributed by atoms with Crippen LogP contribution in [0.5, 0.6) is 11.5 Å². The summed E-state index contributed by atoms with van der Waals surface area (Å²) in [5, 5.41) is 14.5. The van der Waals surface area contributed by atoms with Crippen molar-refractivity contribution in [1.82, 2.24) is 10.3 Å². The molecule has 1 amide bonds. The van der Waals surface area contributed by atoms with Crippen molar-refractivity contribution in [1.29, 1.82) is 0 Å². The number of aromatic nitrogens is 1. The van der Waals surface area contributed by atoms with Crippen LogP contribution in [0.15, 0.2) is 47.8 Å². The van der Waals surface area contributed by atoms with Crippen LogP contribution in [0, 0.1) is 0 Å². The number of carbonyl (C=O) groups is 2. The molecule has 158 valence electrons. The van der Waals surface area contributed by atoms with Gasteiger partial charge in [0.05, 0.1) is 12.6 Å². The molecule has 1 aromatic carbocycles. The lowest BCUT2D eigenvalue weighted by molar-refractivity contribution is -0.274. The highest BCUT2D eigenvalue weighted by molar-refractivity contribution is 5.94. The van der Waals surface area contributed by atoms with Gasteiger partial charge in [-0.25, -0.2) is 4.98 Å². The number of amides is 1. The molecule has 0 unspecified atom stereocenters. The Hall–Kier alpha value is -3.83. The highest BCUT2D eigenvalue weighted by Crippen LogP contribution is 2.30. The van der Waals surface area contributed by atoms with Crippen molar-refractivity contribution in [3.8, 4) is 11.5 Å². The molecule has 30 heavy (non-hydrogen) atoms. The highest BCUT2D eigenvalue weighted by atomic mass is 19.4. The Morgan fingerprint density at radius 1 is 1.17 bits per heavy atom. The number of halogens is 3. The molecule has 0 saturated carbocycles. The quantitative estimate of drug-likeness (QED) is 0.730. The van der Waals surface area contributed by atoms with Crippen molar-refractivity contribution < 1.29 is 42.2 Å². The molecule has 12 heteroatoms. The lowest BCUT2D eigenvalue weighted by Gasteiger charge is -2.11. The fourth-order valence-corrected chi connectivity index (χ4v) is 2.44. The van der Waals surface area contributed by atoms with Gasteiger partial charge in [-0.2, -0.15) is 0 Å². The predicted molar refractivity (Wildman–Crippen MR) is 93.8 cm³/mol. The number of nitrogens with zero attached hydrogens (tertiary/aromatic N) is 2. The second-order valence-corrected chi connectivity index (χ2v) is 5.96. The van der Waals surface area contributed by atoms with Crippen LogP contribution in [0.4, 0.5) is 13.2 Å². The van der Waals surface area contributed by atoms with Crippen LogP contribution in [-0.2, 0) is 9.63 Å². The minimum absolute atomic E-state index is 0.00672. The van der Waals surface area contributed by atoms with Gasteiger partial charge in [0.25, 0.3) is 5.91 Å². The normalized spacial score (nSPS) is 15.7. The summed E-state index contributed by atoms with van der Waals surface area (Å²) in [5.41, 5.74) is 0.586. The standard InChI is InChI=1S/C18H14F3N3O6/c19-18(20,21)29-11-3-1-10(2-4-11)14-7-15(24-30-14)28-12-5-6-13(22-8-12)17(27)23-9-16(25)26/h1-6,8,14H,7,9H2,(H,23,27)(H,25,26)/t14-/m1/s1. The van der Waals surface area contributed by atoms with Crippen LogP contribution in [0.2, 0.25) is 0 Å². The number of oxime groups is 1. The molecule has 2 aromatic rings. The summed E-state index contributed by atoms with van der Waals surface area (Å²) in [4.78, 5) is 31.3. The molecule has 1 aliphatic rings. The third-order valence-corrected chi connectivity index (χ3v) is 3.73. The first kappa shape index (κ1) is 20.9. The maximum atomic E-state index is 12.2. The van der Waals surface area contributed by atoms with E-state index in [0.717, 1.165) is 0 Å². The Balaban J connectivity index is 1.53. The van der Waals surface area contributed by atoms with Gasteiger partial charge < -0.3 is 24.7 Å². The van der Waals surface area contributed by atoms with E-state index in [-0.39, 0.29) is 29.5 Å². The smallest absolute Gasteiger partial charge is 0.480 e. The number of aliphatic carboxylic acids is 1. The Morgan fingerprint density at radius 3 is 2.47 bits per heavy atom. The van der Waals surface area contributed by atoms with Crippen LogP contribution in [0.25, 0.3) is 0 Å². The molecule has 1 aromatic heterocycles. The number of pyridine rings is 1. The zero-order chi connectivity index (χ0) is 21.7. The largest absolute Gasteiger partial charge is 0.573 e. The first-order chi connectivity index (χ1) is 14.2. The minimum atomic E-state index is -4.77. The van der Waals surface area contributed by atoms with Crippen LogP contribution < -0.4 is 14.8 Å². The van der Waals surface area contributed by atoms with Crippen LogP contribution in [0.1, 0.15) is 28.6 Å². The van der Waals surface area contributed by atoms with Gasteiger partial charge in [-0.1, -0.05) is 17.3 Å². The van der Waals surface area contributed by atoms with Crippen molar-refractivity contribution in [2.75, 3.05) is 6.54 Å². The van der Waals surface area contributed by atoms with Crippen molar-refractivity contribution in [3.05, 3.63) is 53.9 Å². The van der Waals surface area contributed by atoms with E-state index >= 15 is 0 Å². The lowest BCUT2D eigenvalue weighted by atomic mass is 10.1. The van der Waals surface area contributed by atoms with E-state index in [9.17, 15) is 22.8 Å². The average Bonchev–Trinajstić information content (AvgIpc) is 3.14. The summed E-state index contributed by atoms with van der Waals surface area (Å²) in [5.74, 6) is -1.70. The molecule has 1 atom stereocenters. The molecule has 0 fully saturated rings. The number of hydrogen-bond donors (Lipinski definition) is 2. The number of carbonyl (C=O) groups excluding carboxylic acids is 1. The van der Waals surface area contributed by atoms with Crippen molar-refractivity contribution in [2.45, 2.75) is 18.9 Å². The molecule has 1 aliphatic heterocycles. The number of carboxylic acids is 1. The van der Waals surface area contributed by atoms with E-state index < -0.39 is 30.9 Å². The molecule has 0 saturated heterocycles. The van der Waals surface area contributed by atoms with E-state index in [1.807, 2.05) is 0 Å². The molecule has 3 rings (SSSR count). The SMILES string of the molecule is O=C(O)CNC(=O)c1ccc(OC2=NO[C@@H](c3ccc(OC(F)(F)F)cc3)C2)cn1. The van der Waals surface area contributed by atoms with Gasteiger partial charge in [0, 0.05) is 0 Å². The third kappa shape index (κ3) is 5.83. The van der Waals surface area contributed by atoms with Gasteiger partial charge in [0.15, 0.2) is 6.10 Å². The number of carboxylic acid groups (broad SMARTS) is 1. The summed E-state index contributed by atoms with van der Waals surface area (Å²) in [6.45, 7) is -0.530. The van der Waals surface area contributed by atoms with Crippen molar-refractivity contribution in [3.63, 3.8) is 0 Å². The summed E-state index contributed by atoms with van der Waals surface area (Å²) in [6.07, 6.45) is -3.83. The Bertz CT molecular complexity index is 945. The van der Waals surface area contributed by atoms with E-state index in [1.54, 1.807) is 0 Å². The van der Waals surface area contributed by atoms with E-state index in [4.69, 9.17) is 14.7 Å². The maximum absolute atomic E-state index is 12.2. The predicted octanol–water partition coefficient (Wildman–Crippen LogP) is 2.65. The molecule has 0 aliphatic carbocycles. The molecule has 2 heterocycles. The first-order valence-corrected chi connectivity index (χ1v) is 8.42. The van der Waals surface area contributed by atoms with E-state index in [0.29, 0.717) is 5.56 Å². The van der Waals surface area contributed by atoms with Gasteiger partial charge in [0.2, 0.25) is 5.90 Å². The summed E-state index contributed by atoms with van der Waals surface area (Å²) >= 11 is 0. The van der Waals surface area contributed by atoms with Crippen LogP contribution >= 0.6 is 0 Å². The topological polar surface area (TPSA) is 119 Å². The molecule has 0 bridgehead atoms. The van der Waals surface area contributed by atoms with Crippen LogP contribution in [-0.4, -0.2) is 40.8 Å². The minimum Gasteiger partial charge on any atom is -0.480 e. The number of nitrogens with one attached hydrogen (secondary N) is 1. The molecule has 0 spiro atoms. The van der Waals surface area contributed by atoms with Gasteiger partial charge in [-0.05, 0) is 29.8 Å². The number of hydrogen-bond acceptors (Lipinski definition) is 7. The van der Waals surface area contributed by atoms with Crippen LogP contribution in [0.3, 0.4) is 0 Å². The summed E-state index contributed by atoms with van der Waals surface area (Å²) in [7, 11) is 0. The number of rotatable bonds is 6. The van der Waals surface area contributed by atoms with Gasteiger partial charge in [-0.3, -0.25) is 9.59 Å². The highest BCUT2D eigenvalue weighted by Gasteiger charge is 2.31. The van der Waals surface area contributed by atoms with E-state index in [1.165, 1.54) is 42.6 Å². The molecule has 9 nitrogen and oxygen atoms in total. The Morgan fingerprint density at radius 2 is 1.87 bits per heavy atom. The number of alkyl halides is 3. The number of benzene rings is 1. The third-order valence-electron chi connectivity index (χ3n) is 3.73. The monoisotopic (exact) mass is 425 g/mol. The second kappa shape index (κ2) is 8.68. The molecule has 2 N–H and O–H groups in total. The van der Waals surface area contributed by atoms with Gasteiger partial charge in [-0.15, -0.1) is 13.2 Å². The molecule has 0 radical (unpaired) electrons. The fraction of sp³-hybridized carbons (Fsp3) is 0.222. The van der Waals surface area contributed by atoms with Gasteiger partial charge >= 0.3 is 12.3 Å². The van der Waals surface area contributed by atoms with Crippen molar-refractivity contribution in [2.24, 2.45) is 5.16 Å². The molecular formula is C18H14F3N3O6. The van der Waals surface area contributed by atoms with E-state index in [2.05, 4.69) is 20.2 Å². The Kier molecular flexibility index (Phi) is 6.04. The average molecular weight is 425 g/mol. The zero-order valence-electron chi connectivity index (χ0n) is 15.0. The first-order valence-electron chi connectivity index (χ1n) is 8.42. The van der Waals surface area contributed by atoms with Gasteiger partial charge in [0.1, 0.15) is 23.7 Å². The number of ether oxygens (including phenoxy) is 2. The Labute approximate surface area is 167 Å². The zero-order valence-corrected chi connectivity index (χ0v) is 15.0. The lowest BCUT2D eigenvalue weighted by Crippen LogP contribution is -2.29. The maximum Gasteiger partial charge on any atom is 0.573 e. The summed E-state index contributed by atoms with van der Waals surface area (Å²) < 4.78 is 46.0. The molecular weight excluding hydrogens is 411 g/mol. The van der Waals surface area contributed by atoms with Crippen molar-refractivity contribution >= 4 is 17.8 Å². The summed E-state index contributed by atoms with van der Waals surface area (Å²) in [6, 6.07) is 7.99. The fourth-order valence-electron chi connectivity index (χ4n) is 2.44. The second-order valence-electron chi connectivity index (χ2n) is 5.96.